The highest BCUT2D eigenvalue weighted by Crippen LogP contribution is 2.21. The molecular formula is C15H11BrN2O. The van der Waals surface area contributed by atoms with Crippen LogP contribution >= 0.6 is 15.9 Å². The highest BCUT2D eigenvalue weighted by Gasteiger charge is 2.08. The molecule has 1 aromatic heterocycles. The Bertz CT molecular complexity index is 824. The van der Waals surface area contributed by atoms with Gasteiger partial charge in [-0.1, -0.05) is 34.1 Å². The molecule has 1 heterocycles. The van der Waals surface area contributed by atoms with Gasteiger partial charge in [0.25, 0.3) is 5.56 Å². The number of halogens is 1. The molecule has 4 heteroatoms. The topological polar surface area (TPSA) is 34.9 Å². The van der Waals surface area contributed by atoms with E-state index in [1.54, 1.807) is 17.0 Å². The minimum atomic E-state index is -0.0493. The van der Waals surface area contributed by atoms with Gasteiger partial charge in [0.1, 0.15) is 6.33 Å². The third-order valence-electron chi connectivity index (χ3n) is 3.16. The lowest BCUT2D eigenvalue weighted by Crippen LogP contribution is -2.19. The first-order chi connectivity index (χ1) is 9.18. The van der Waals surface area contributed by atoms with Crippen LogP contribution in [0.2, 0.25) is 0 Å². The van der Waals surface area contributed by atoms with Crippen molar-refractivity contribution in [3.63, 3.8) is 0 Å². The number of hydrogen-bond donors (Lipinski definition) is 0. The van der Waals surface area contributed by atoms with Gasteiger partial charge in [-0.25, -0.2) is 4.98 Å². The van der Waals surface area contributed by atoms with Crippen molar-refractivity contribution in [1.29, 1.82) is 0 Å². The molecule has 0 amide bonds. The summed E-state index contributed by atoms with van der Waals surface area (Å²) < 4.78 is 2.56. The third kappa shape index (κ3) is 1.98. The highest BCUT2D eigenvalue weighted by atomic mass is 79.9. The third-order valence-corrected chi connectivity index (χ3v) is 4.02. The fourth-order valence-electron chi connectivity index (χ4n) is 2.10. The number of fused-ring (bicyclic) bond motifs is 1. The van der Waals surface area contributed by atoms with Crippen molar-refractivity contribution in [1.82, 2.24) is 9.55 Å². The molecule has 94 valence electrons. The van der Waals surface area contributed by atoms with Gasteiger partial charge < -0.3 is 0 Å². The molecule has 3 nitrogen and oxygen atoms in total. The maximum absolute atomic E-state index is 12.5. The number of para-hydroxylation sites is 1. The Labute approximate surface area is 118 Å². The Kier molecular flexibility index (Phi) is 2.95. The maximum Gasteiger partial charge on any atom is 0.265 e. The van der Waals surface area contributed by atoms with Crippen molar-refractivity contribution in [3.8, 4) is 5.69 Å². The average molecular weight is 315 g/mol. The van der Waals surface area contributed by atoms with Crippen LogP contribution in [0.15, 0.2) is 58.1 Å². The van der Waals surface area contributed by atoms with E-state index in [0.717, 1.165) is 21.2 Å². The lowest BCUT2D eigenvalue weighted by Gasteiger charge is -2.10. The predicted octanol–water partition coefficient (Wildman–Crippen LogP) is 3.46. The standard InChI is InChI=1S/C15H11BrN2O/c1-10-12(16)6-4-8-14(10)18-9-17-13-7-3-2-5-11(13)15(18)19/h2-9H,1H3. The molecule has 2 aromatic carbocycles. The van der Waals surface area contributed by atoms with Crippen LogP contribution in [-0.2, 0) is 0 Å². The van der Waals surface area contributed by atoms with E-state index in [1.807, 2.05) is 43.3 Å². The van der Waals surface area contributed by atoms with Crippen molar-refractivity contribution in [2.75, 3.05) is 0 Å². The maximum atomic E-state index is 12.5. The van der Waals surface area contributed by atoms with Crippen molar-refractivity contribution in [2.24, 2.45) is 0 Å². The van der Waals surface area contributed by atoms with E-state index in [2.05, 4.69) is 20.9 Å². The molecule has 0 N–H and O–H groups in total. The Hall–Kier alpha value is -1.94. The van der Waals surface area contributed by atoms with Gasteiger partial charge in [0.05, 0.1) is 16.6 Å². The molecule has 19 heavy (non-hydrogen) atoms. The lowest BCUT2D eigenvalue weighted by atomic mass is 10.2. The zero-order chi connectivity index (χ0) is 13.4. The number of hydrogen-bond acceptors (Lipinski definition) is 2. The van der Waals surface area contributed by atoms with Gasteiger partial charge in [0, 0.05) is 4.47 Å². The molecule has 0 bridgehead atoms. The smallest absolute Gasteiger partial charge is 0.265 e. The Balaban J connectivity index is 2.35. The monoisotopic (exact) mass is 314 g/mol. The van der Waals surface area contributed by atoms with Crippen LogP contribution in [-0.4, -0.2) is 9.55 Å². The molecule has 0 aliphatic carbocycles. The zero-order valence-electron chi connectivity index (χ0n) is 10.3. The Morgan fingerprint density at radius 2 is 1.89 bits per heavy atom. The fourth-order valence-corrected chi connectivity index (χ4v) is 2.45. The first-order valence-corrected chi connectivity index (χ1v) is 6.69. The van der Waals surface area contributed by atoms with E-state index in [0.29, 0.717) is 5.39 Å². The van der Waals surface area contributed by atoms with E-state index in [4.69, 9.17) is 0 Å². The van der Waals surface area contributed by atoms with Crippen molar-refractivity contribution in [2.45, 2.75) is 6.92 Å². The molecule has 3 rings (SSSR count). The van der Waals surface area contributed by atoms with Crippen LogP contribution in [0.1, 0.15) is 5.56 Å². The number of benzene rings is 2. The molecule has 0 fully saturated rings. The summed E-state index contributed by atoms with van der Waals surface area (Å²) in [7, 11) is 0. The van der Waals surface area contributed by atoms with Crippen molar-refractivity contribution >= 4 is 26.8 Å². The summed E-state index contributed by atoms with van der Waals surface area (Å²) in [5.41, 5.74) is 2.53. The molecule has 0 radical (unpaired) electrons. The first kappa shape index (κ1) is 12.1. The normalized spacial score (nSPS) is 10.8. The average Bonchev–Trinajstić information content (AvgIpc) is 2.43. The second kappa shape index (κ2) is 4.63. The van der Waals surface area contributed by atoms with Crippen LogP contribution in [0.25, 0.3) is 16.6 Å². The van der Waals surface area contributed by atoms with Gasteiger partial charge in [0.2, 0.25) is 0 Å². The van der Waals surface area contributed by atoms with Crippen LogP contribution < -0.4 is 5.56 Å². The van der Waals surface area contributed by atoms with Gasteiger partial charge in [-0.15, -0.1) is 0 Å². The summed E-state index contributed by atoms with van der Waals surface area (Å²) in [4.78, 5) is 16.8. The number of nitrogens with zero attached hydrogens (tertiary/aromatic N) is 2. The summed E-state index contributed by atoms with van der Waals surface area (Å²) in [6, 6.07) is 13.2. The molecule has 0 unspecified atom stereocenters. The van der Waals surface area contributed by atoms with Gasteiger partial charge in [-0.05, 0) is 36.8 Å². The predicted molar refractivity (Wildman–Crippen MR) is 79.8 cm³/mol. The molecule has 0 atom stereocenters. The van der Waals surface area contributed by atoms with E-state index in [-0.39, 0.29) is 5.56 Å². The van der Waals surface area contributed by atoms with E-state index >= 15 is 0 Å². The molecule has 0 aliphatic heterocycles. The second-order valence-electron chi connectivity index (χ2n) is 4.32. The quantitative estimate of drug-likeness (QED) is 0.689. The largest absolute Gasteiger partial charge is 0.268 e. The van der Waals surface area contributed by atoms with E-state index in [1.165, 1.54) is 0 Å². The highest BCUT2D eigenvalue weighted by molar-refractivity contribution is 9.10. The fraction of sp³-hybridized carbons (Fsp3) is 0.0667. The van der Waals surface area contributed by atoms with Gasteiger partial charge in [-0.3, -0.25) is 9.36 Å². The van der Waals surface area contributed by atoms with Crippen molar-refractivity contribution < 1.29 is 0 Å². The molecule has 0 saturated carbocycles. The first-order valence-electron chi connectivity index (χ1n) is 5.90. The summed E-state index contributed by atoms with van der Waals surface area (Å²) >= 11 is 3.48. The molecular weight excluding hydrogens is 304 g/mol. The molecule has 3 aromatic rings. The minimum Gasteiger partial charge on any atom is -0.268 e. The van der Waals surface area contributed by atoms with Crippen LogP contribution in [0.4, 0.5) is 0 Å². The molecule has 0 spiro atoms. The van der Waals surface area contributed by atoms with E-state index in [9.17, 15) is 4.79 Å². The van der Waals surface area contributed by atoms with Gasteiger partial charge in [0.15, 0.2) is 0 Å². The summed E-state index contributed by atoms with van der Waals surface area (Å²) in [6.45, 7) is 1.97. The summed E-state index contributed by atoms with van der Waals surface area (Å²) in [5, 5.41) is 0.629. The number of aromatic nitrogens is 2. The number of rotatable bonds is 1. The Morgan fingerprint density at radius 1 is 1.11 bits per heavy atom. The van der Waals surface area contributed by atoms with Gasteiger partial charge in [-0.2, -0.15) is 0 Å². The summed E-state index contributed by atoms with van der Waals surface area (Å²) in [6.07, 6.45) is 1.58. The minimum absolute atomic E-state index is 0.0493. The van der Waals surface area contributed by atoms with Crippen LogP contribution in [0.3, 0.4) is 0 Å². The molecule has 0 saturated heterocycles. The molecule has 0 aliphatic rings. The Morgan fingerprint density at radius 3 is 2.74 bits per heavy atom. The second-order valence-corrected chi connectivity index (χ2v) is 5.18. The van der Waals surface area contributed by atoms with Crippen LogP contribution in [0.5, 0.6) is 0 Å². The van der Waals surface area contributed by atoms with E-state index < -0.39 is 0 Å². The lowest BCUT2D eigenvalue weighted by molar-refractivity contribution is 0.951. The summed E-state index contributed by atoms with van der Waals surface area (Å²) in [5.74, 6) is 0. The van der Waals surface area contributed by atoms with Crippen molar-refractivity contribution in [3.05, 3.63) is 69.2 Å². The van der Waals surface area contributed by atoms with Gasteiger partial charge >= 0.3 is 0 Å². The van der Waals surface area contributed by atoms with Crippen LogP contribution in [0, 0.1) is 6.92 Å². The zero-order valence-corrected chi connectivity index (χ0v) is 11.9. The SMILES string of the molecule is Cc1c(Br)cccc1-n1cnc2ccccc2c1=O.